The molecule has 0 aliphatic rings. The van der Waals surface area contributed by atoms with E-state index >= 15 is 0 Å². The Morgan fingerprint density at radius 2 is 1.90 bits per heavy atom. The van der Waals surface area contributed by atoms with E-state index in [0.717, 1.165) is 0 Å². The van der Waals surface area contributed by atoms with Gasteiger partial charge < -0.3 is 5.32 Å². The maximum Gasteiger partial charge on any atom is 0.272 e. The van der Waals surface area contributed by atoms with E-state index in [9.17, 15) is 24.5 Å². The molecule has 0 bridgehead atoms. The first-order valence-corrected chi connectivity index (χ1v) is 5.90. The van der Waals surface area contributed by atoms with E-state index in [0.29, 0.717) is 5.56 Å². The van der Waals surface area contributed by atoms with Crippen LogP contribution >= 0.6 is 0 Å². The van der Waals surface area contributed by atoms with Gasteiger partial charge >= 0.3 is 0 Å². The van der Waals surface area contributed by atoms with Crippen LogP contribution in [-0.4, -0.2) is 29.2 Å². The summed E-state index contributed by atoms with van der Waals surface area (Å²) in [4.78, 5) is 43.7. The minimum absolute atomic E-state index is 0.0961. The molecule has 0 unspecified atom stereocenters. The van der Waals surface area contributed by atoms with Gasteiger partial charge in [0, 0.05) is 24.1 Å². The van der Waals surface area contributed by atoms with Crippen molar-refractivity contribution in [1.82, 2.24) is 16.2 Å². The largest absolute Gasteiger partial charge is 0.347 e. The summed E-state index contributed by atoms with van der Waals surface area (Å²) in [6.07, 6.45) is 0. The Bertz CT molecular complexity index is 599. The number of hydrazine groups is 1. The average Bonchev–Trinajstić information content (AvgIpc) is 2.41. The van der Waals surface area contributed by atoms with Gasteiger partial charge in [-0.3, -0.25) is 35.3 Å². The number of nitro benzene ring substituents is 1. The minimum atomic E-state index is -0.621. The Balaban J connectivity index is 2.60. The monoisotopic (exact) mass is 294 g/mol. The molecule has 1 aromatic carbocycles. The quantitative estimate of drug-likeness (QED) is 0.523. The Labute approximate surface area is 119 Å². The molecule has 3 amide bonds. The molecule has 21 heavy (non-hydrogen) atoms. The van der Waals surface area contributed by atoms with Crippen molar-refractivity contribution in [2.75, 3.05) is 6.54 Å². The molecule has 0 aliphatic carbocycles. The number of nitrogens with one attached hydrogen (secondary N) is 3. The van der Waals surface area contributed by atoms with Gasteiger partial charge in [0.15, 0.2) is 0 Å². The number of carbonyl (C=O) groups excluding carboxylic acids is 3. The molecule has 0 aromatic heterocycles. The van der Waals surface area contributed by atoms with E-state index in [4.69, 9.17) is 0 Å². The van der Waals surface area contributed by atoms with Crippen molar-refractivity contribution in [2.24, 2.45) is 0 Å². The van der Waals surface area contributed by atoms with Gasteiger partial charge in [0.05, 0.1) is 11.5 Å². The average molecular weight is 294 g/mol. The molecule has 0 atom stereocenters. The van der Waals surface area contributed by atoms with Crippen LogP contribution in [-0.2, 0) is 9.59 Å². The van der Waals surface area contributed by atoms with Crippen LogP contribution in [0.4, 0.5) is 5.69 Å². The summed E-state index contributed by atoms with van der Waals surface area (Å²) in [7, 11) is 0. The predicted octanol–water partition coefficient (Wildman–Crippen LogP) is -0.200. The molecule has 3 N–H and O–H groups in total. The van der Waals surface area contributed by atoms with Crippen molar-refractivity contribution < 1.29 is 19.3 Å². The topological polar surface area (TPSA) is 130 Å². The molecule has 112 valence electrons. The molecule has 1 aromatic rings. The smallest absolute Gasteiger partial charge is 0.272 e. The van der Waals surface area contributed by atoms with E-state index in [1.807, 2.05) is 0 Å². The maximum absolute atomic E-state index is 11.7. The summed E-state index contributed by atoms with van der Waals surface area (Å²) < 4.78 is 0. The molecule has 9 nitrogen and oxygen atoms in total. The van der Waals surface area contributed by atoms with Gasteiger partial charge in [-0.25, -0.2) is 0 Å². The Hall–Kier alpha value is -2.97. The molecule has 0 heterocycles. The fourth-order valence-electron chi connectivity index (χ4n) is 1.45. The normalized spacial score (nSPS) is 9.62. The molecular formula is C12H14N4O5. The molecule has 0 radical (unpaired) electrons. The molecule has 9 heteroatoms. The molecule has 0 saturated heterocycles. The van der Waals surface area contributed by atoms with Gasteiger partial charge in [0.2, 0.25) is 5.91 Å². The molecule has 0 spiro atoms. The number of nitrogens with zero attached hydrogens (tertiary/aromatic N) is 1. The van der Waals surface area contributed by atoms with Gasteiger partial charge in [-0.2, -0.15) is 0 Å². The Kier molecular flexibility index (Phi) is 5.35. The number of carbonyl (C=O) groups is 3. The third kappa shape index (κ3) is 4.90. The molecular weight excluding hydrogens is 280 g/mol. The lowest BCUT2D eigenvalue weighted by molar-refractivity contribution is -0.385. The van der Waals surface area contributed by atoms with Crippen molar-refractivity contribution in [3.63, 3.8) is 0 Å². The summed E-state index contributed by atoms with van der Waals surface area (Å²) in [5, 5.41) is 12.9. The number of hydrogen-bond acceptors (Lipinski definition) is 5. The van der Waals surface area contributed by atoms with Crippen molar-refractivity contribution in [1.29, 1.82) is 0 Å². The summed E-state index contributed by atoms with van der Waals surface area (Å²) in [6.45, 7) is 2.49. The fraction of sp³-hybridized carbons (Fsp3) is 0.250. The zero-order valence-corrected chi connectivity index (χ0v) is 11.4. The van der Waals surface area contributed by atoms with Crippen molar-refractivity contribution in [2.45, 2.75) is 13.8 Å². The van der Waals surface area contributed by atoms with Crippen molar-refractivity contribution >= 4 is 23.4 Å². The van der Waals surface area contributed by atoms with E-state index in [-0.39, 0.29) is 23.7 Å². The van der Waals surface area contributed by atoms with E-state index in [1.165, 1.54) is 32.0 Å². The zero-order valence-electron chi connectivity index (χ0n) is 11.4. The molecule has 1 rings (SSSR count). The van der Waals surface area contributed by atoms with Crippen LogP contribution in [0.1, 0.15) is 22.8 Å². The zero-order chi connectivity index (χ0) is 16.0. The number of rotatable bonds is 4. The number of amides is 3. The van der Waals surface area contributed by atoms with Crippen LogP contribution in [0.25, 0.3) is 0 Å². The lowest BCUT2D eigenvalue weighted by Gasteiger charge is -2.08. The third-order valence-corrected chi connectivity index (χ3v) is 2.47. The molecule has 0 fully saturated rings. The highest BCUT2D eigenvalue weighted by atomic mass is 16.6. The number of hydrogen-bond donors (Lipinski definition) is 3. The first kappa shape index (κ1) is 16.1. The highest BCUT2D eigenvalue weighted by Crippen LogP contribution is 2.18. The summed E-state index contributed by atoms with van der Waals surface area (Å²) >= 11 is 0. The summed E-state index contributed by atoms with van der Waals surface area (Å²) in [5.74, 6) is -1.59. The number of nitro groups is 1. The van der Waals surface area contributed by atoms with Gasteiger partial charge in [-0.1, -0.05) is 0 Å². The predicted molar refractivity (Wildman–Crippen MR) is 72.1 cm³/mol. The van der Waals surface area contributed by atoms with Gasteiger partial charge in [0.25, 0.3) is 17.5 Å². The van der Waals surface area contributed by atoms with Crippen LogP contribution in [0.2, 0.25) is 0 Å². The minimum Gasteiger partial charge on any atom is -0.347 e. The highest BCUT2D eigenvalue weighted by molar-refractivity contribution is 5.96. The van der Waals surface area contributed by atoms with Crippen LogP contribution in [0.3, 0.4) is 0 Å². The van der Waals surface area contributed by atoms with E-state index in [1.54, 1.807) is 0 Å². The van der Waals surface area contributed by atoms with E-state index in [2.05, 4.69) is 16.2 Å². The lowest BCUT2D eigenvalue weighted by Crippen LogP contribution is -2.46. The van der Waals surface area contributed by atoms with Crippen LogP contribution < -0.4 is 16.2 Å². The molecule has 0 aliphatic heterocycles. The Morgan fingerprint density at radius 3 is 2.43 bits per heavy atom. The highest BCUT2D eigenvalue weighted by Gasteiger charge is 2.14. The molecule has 0 saturated carbocycles. The van der Waals surface area contributed by atoms with Crippen LogP contribution in [0.5, 0.6) is 0 Å². The summed E-state index contributed by atoms with van der Waals surface area (Å²) in [6, 6.07) is 3.83. The van der Waals surface area contributed by atoms with Crippen molar-refractivity contribution in [3.05, 3.63) is 39.4 Å². The van der Waals surface area contributed by atoms with E-state index < -0.39 is 16.7 Å². The maximum atomic E-state index is 11.7. The van der Waals surface area contributed by atoms with Crippen LogP contribution in [0.15, 0.2) is 18.2 Å². The Morgan fingerprint density at radius 1 is 1.24 bits per heavy atom. The second-order valence-corrected chi connectivity index (χ2v) is 4.17. The number of aryl methyl sites for hydroxylation is 1. The first-order valence-electron chi connectivity index (χ1n) is 5.90. The van der Waals surface area contributed by atoms with Gasteiger partial charge in [0.1, 0.15) is 0 Å². The lowest BCUT2D eigenvalue weighted by atomic mass is 10.1. The third-order valence-electron chi connectivity index (χ3n) is 2.47. The fourth-order valence-corrected chi connectivity index (χ4v) is 1.45. The first-order chi connectivity index (χ1) is 9.81. The second-order valence-electron chi connectivity index (χ2n) is 4.17. The summed E-state index contributed by atoms with van der Waals surface area (Å²) in [5.41, 5.74) is 4.64. The number of benzene rings is 1. The standard InChI is InChI=1S/C12H14N4O5/c1-7-5-9(3-4-10(7)16(20)21)12(19)15-14-11(18)6-13-8(2)17/h3-5H,6H2,1-2H3,(H,13,17)(H,14,18)(H,15,19). The second kappa shape index (κ2) is 6.98. The SMILES string of the molecule is CC(=O)NCC(=O)NNC(=O)c1ccc([N+](=O)[O-])c(C)c1. The van der Waals surface area contributed by atoms with Crippen molar-refractivity contribution in [3.8, 4) is 0 Å². The van der Waals surface area contributed by atoms with Gasteiger partial charge in [-0.15, -0.1) is 0 Å². The van der Waals surface area contributed by atoms with Crippen LogP contribution in [0, 0.1) is 17.0 Å². The van der Waals surface area contributed by atoms with Gasteiger partial charge in [-0.05, 0) is 19.1 Å².